The number of methoxy groups -OCH3 is 1. The highest BCUT2D eigenvalue weighted by atomic mass is 35.5. The van der Waals surface area contributed by atoms with Crippen LogP contribution in [0.4, 0.5) is 28.8 Å². The molecule has 0 radical (unpaired) electrons. The van der Waals surface area contributed by atoms with Gasteiger partial charge in [-0.1, -0.05) is 37.6 Å². The maximum atomic E-state index is 6.47. The molecule has 0 bridgehead atoms. The van der Waals surface area contributed by atoms with E-state index in [-0.39, 0.29) is 5.41 Å². The van der Waals surface area contributed by atoms with Crippen molar-refractivity contribution in [2.24, 2.45) is 0 Å². The van der Waals surface area contributed by atoms with Crippen LogP contribution in [0.15, 0.2) is 42.6 Å². The molecule has 9 heteroatoms. The number of ether oxygens (including phenoxy) is 3. The van der Waals surface area contributed by atoms with E-state index < -0.39 is 0 Å². The number of aromatic nitrogens is 2. The number of anilines is 5. The van der Waals surface area contributed by atoms with Crippen LogP contribution in [0.3, 0.4) is 0 Å². The Hall–Kier alpha value is -3.23. The zero-order valence-corrected chi connectivity index (χ0v) is 21.7. The molecule has 0 atom stereocenters. The first-order chi connectivity index (χ1) is 17.4. The number of hydrogen-bond acceptors (Lipinski definition) is 8. The van der Waals surface area contributed by atoms with Crippen LogP contribution in [0.1, 0.15) is 32.3 Å². The molecule has 5 rings (SSSR count). The summed E-state index contributed by atoms with van der Waals surface area (Å²) < 4.78 is 17.3. The number of halogens is 1. The van der Waals surface area contributed by atoms with Gasteiger partial charge in [-0.25, -0.2) is 4.98 Å². The molecule has 0 spiro atoms. The molecule has 1 aromatic heterocycles. The summed E-state index contributed by atoms with van der Waals surface area (Å²) in [5, 5.41) is 7.05. The van der Waals surface area contributed by atoms with Gasteiger partial charge in [0.2, 0.25) is 5.95 Å². The highest BCUT2D eigenvalue weighted by Gasteiger charge is 2.28. The molecular weight excluding hydrogens is 478 g/mol. The third-order valence-corrected chi connectivity index (χ3v) is 7.02. The number of hydrogen-bond donors (Lipinski definition) is 2. The highest BCUT2D eigenvalue weighted by Crippen LogP contribution is 2.42. The minimum absolute atomic E-state index is 0.0288. The van der Waals surface area contributed by atoms with E-state index in [0.29, 0.717) is 29.1 Å². The van der Waals surface area contributed by atoms with Gasteiger partial charge >= 0.3 is 0 Å². The normalized spacial score (nSPS) is 16.9. The van der Waals surface area contributed by atoms with Crippen molar-refractivity contribution < 1.29 is 14.2 Å². The summed E-state index contributed by atoms with van der Waals surface area (Å²) >= 11 is 6.47. The molecule has 1 saturated heterocycles. The lowest BCUT2D eigenvalue weighted by atomic mass is 9.80. The van der Waals surface area contributed by atoms with Gasteiger partial charge in [0, 0.05) is 30.4 Å². The smallest absolute Gasteiger partial charge is 0.229 e. The summed E-state index contributed by atoms with van der Waals surface area (Å²) in [5.74, 6) is 2.46. The van der Waals surface area contributed by atoms with Crippen LogP contribution in [-0.2, 0) is 10.2 Å². The Kier molecular flexibility index (Phi) is 7.07. The lowest BCUT2D eigenvalue weighted by molar-refractivity contribution is 0.122. The molecule has 2 N–H and O–H groups in total. The molecule has 1 fully saturated rings. The molecule has 0 aliphatic carbocycles. The number of benzene rings is 2. The van der Waals surface area contributed by atoms with Gasteiger partial charge in [-0.15, -0.1) is 0 Å². The molecule has 3 aromatic rings. The second-order valence-electron chi connectivity index (χ2n) is 9.64. The van der Waals surface area contributed by atoms with Crippen molar-refractivity contribution in [1.29, 1.82) is 0 Å². The molecule has 0 saturated carbocycles. The maximum absolute atomic E-state index is 6.47. The lowest BCUT2D eigenvalue weighted by Crippen LogP contribution is -2.36. The van der Waals surface area contributed by atoms with Gasteiger partial charge in [-0.3, -0.25) is 0 Å². The Morgan fingerprint density at radius 2 is 1.89 bits per heavy atom. The Balaban J connectivity index is 1.40. The van der Waals surface area contributed by atoms with E-state index in [1.807, 2.05) is 24.3 Å². The zero-order chi connectivity index (χ0) is 25.1. The molecule has 36 heavy (non-hydrogen) atoms. The van der Waals surface area contributed by atoms with Crippen molar-refractivity contribution in [2.75, 3.05) is 55.6 Å². The first-order valence-electron chi connectivity index (χ1n) is 12.3. The van der Waals surface area contributed by atoms with Gasteiger partial charge in [-0.05, 0) is 36.5 Å². The Morgan fingerprint density at radius 1 is 1.06 bits per heavy atom. The Labute approximate surface area is 216 Å². The zero-order valence-electron chi connectivity index (χ0n) is 20.9. The fourth-order valence-electron chi connectivity index (χ4n) is 4.71. The first-order valence-corrected chi connectivity index (χ1v) is 12.7. The number of fused-ring (bicyclic) bond motifs is 1. The summed E-state index contributed by atoms with van der Waals surface area (Å²) in [5.41, 5.74) is 3.90. The van der Waals surface area contributed by atoms with Crippen molar-refractivity contribution in [2.45, 2.75) is 32.1 Å². The van der Waals surface area contributed by atoms with Crippen LogP contribution < -0.4 is 25.0 Å². The van der Waals surface area contributed by atoms with Gasteiger partial charge in [0.15, 0.2) is 5.82 Å². The first kappa shape index (κ1) is 24.5. The monoisotopic (exact) mass is 509 g/mol. The predicted molar refractivity (Wildman–Crippen MR) is 144 cm³/mol. The summed E-state index contributed by atoms with van der Waals surface area (Å²) in [7, 11) is 1.65. The lowest BCUT2D eigenvalue weighted by Gasteiger charge is -2.29. The van der Waals surface area contributed by atoms with E-state index in [2.05, 4.69) is 51.5 Å². The van der Waals surface area contributed by atoms with Crippen molar-refractivity contribution in [3.05, 3.63) is 53.2 Å². The average Bonchev–Trinajstić information content (AvgIpc) is 3.05. The quantitative estimate of drug-likeness (QED) is 0.424. The standard InChI is InChI=1S/C27H32ClN5O3/c1-27(2)10-5-13-36-24-19(27)6-4-7-22(24)31-26-29-17-20(28)25(32-26)30-21-9-8-18(16-23(21)34-3)33-11-14-35-15-12-33/h4,6-9,16-17H,5,10-15H2,1-3H3,(H2,29,30,31,32). The van der Waals surface area contributed by atoms with Crippen molar-refractivity contribution in [3.8, 4) is 11.5 Å². The topological polar surface area (TPSA) is 80.8 Å². The van der Waals surface area contributed by atoms with Gasteiger partial charge < -0.3 is 29.7 Å². The number of nitrogens with one attached hydrogen (secondary N) is 2. The largest absolute Gasteiger partial charge is 0.494 e. The van der Waals surface area contributed by atoms with E-state index in [9.17, 15) is 0 Å². The van der Waals surface area contributed by atoms with Crippen molar-refractivity contribution >= 4 is 40.4 Å². The summed E-state index contributed by atoms with van der Waals surface area (Å²) in [6.45, 7) is 8.35. The molecule has 0 unspecified atom stereocenters. The number of para-hydroxylation sites is 1. The minimum Gasteiger partial charge on any atom is -0.494 e. The number of morpholine rings is 1. The van der Waals surface area contributed by atoms with Gasteiger partial charge in [0.05, 0.1) is 44.5 Å². The molecule has 8 nitrogen and oxygen atoms in total. The van der Waals surface area contributed by atoms with E-state index >= 15 is 0 Å². The SMILES string of the molecule is COc1cc(N2CCOCC2)ccc1Nc1nc(Nc2cccc3c2OCCCC3(C)C)ncc1Cl. The third kappa shape index (κ3) is 5.15. The average molecular weight is 510 g/mol. The Morgan fingerprint density at radius 3 is 2.69 bits per heavy atom. The molecule has 2 aliphatic heterocycles. The van der Waals surface area contributed by atoms with E-state index in [1.165, 1.54) is 5.56 Å². The highest BCUT2D eigenvalue weighted by molar-refractivity contribution is 6.33. The Bertz CT molecular complexity index is 1230. The molecule has 3 heterocycles. The second kappa shape index (κ2) is 10.4. The molecule has 0 amide bonds. The van der Waals surface area contributed by atoms with Crippen LogP contribution in [0.2, 0.25) is 5.02 Å². The van der Waals surface area contributed by atoms with Crippen LogP contribution >= 0.6 is 11.6 Å². The van der Waals surface area contributed by atoms with Gasteiger partial charge in [0.25, 0.3) is 0 Å². The van der Waals surface area contributed by atoms with Gasteiger partial charge in [0.1, 0.15) is 16.5 Å². The fourth-order valence-corrected chi connectivity index (χ4v) is 4.85. The van der Waals surface area contributed by atoms with Crippen LogP contribution in [-0.4, -0.2) is 50.0 Å². The summed E-state index contributed by atoms with van der Waals surface area (Å²) in [6, 6.07) is 12.2. The third-order valence-electron chi connectivity index (χ3n) is 6.74. The second-order valence-corrected chi connectivity index (χ2v) is 10.0. The summed E-state index contributed by atoms with van der Waals surface area (Å²) in [6.07, 6.45) is 3.67. The molecule has 2 aliphatic rings. The maximum Gasteiger partial charge on any atom is 0.229 e. The van der Waals surface area contributed by atoms with Crippen LogP contribution in [0.25, 0.3) is 0 Å². The molecule has 2 aromatic carbocycles. The van der Waals surface area contributed by atoms with E-state index in [0.717, 1.165) is 62.0 Å². The van der Waals surface area contributed by atoms with E-state index in [4.69, 9.17) is 25.8 Å². The summed E-state index contributed by atoms with van der Waals surface area (Å²) in [4.78, 5) is 11.3. The fraction of sp³-hybridized carbons (Fsp3) is 0.407. The van der Waals surface area contributed by atoms with Gasteiger partial charge in [-0.2, -0.15) is 4.98 Å². The molecular formula is C27H32ClN5O3. The molecule has 190 valence electrons. The van der Waals surface area contributed by atoms with E-state index in [1.54, 1.807) is 13.3 Å². The van der Waals surface area contributed by atoms with Crippen LogP contribution in [0, 0.1) is 0 Å². The predicted octanol–water partition coefficient (Wildman–Crippen LogP) is 5.91. The van der Waals surface area contributed by atoms with Crippen molar-refractivity contribution in [3.63, 3.8) is 0 Å². The number of nitrogens with zero attached hydrogens (tertiary/aromatic N) is 3. The minimum atomic E-state index is 0.0288. The van der Waals surface area contributed by atoms with Crippen molar-refractivity contribution in [1.82, 2.24) is 9.97 Å². The van der Waals surface area contributed by atoms with Crippen LogP contribution in [0.5, 0.6) is 11.5 Å². The number of rotatable bonds is 6.